The number of rotatable bonds is 4. The van der Waals surface area contributed by atoms with Crippen molar-refractivity contribution >= 4 is 40.2 Å². The number of aromatic nitrogens is 2. The van der Waals surface area contributed by atoms with Crippen molar-refractivity contribution in [2.75, 3.05) is 18.8 Å². The lowest BCUT2D eigenvalue weighted by molar-refractivity contribution is -0.130. The van der Waals surface area contributed by atoms with E-state index in [1.165, 1.54) is 16.3 Å². The molecule has 5 nitrogen and oxygen atoms in total. The summed E-state index contributed by atoms with van der Waals surface area (Å²) in [5, 5.41) is 1.45. The van der Waals surface area contributed by atoms with Crippen LogP contribution in [0.25, 0.3) is 16.6 Å². The van der Waals surface area contributed by atoms with Gasteiger partial charge in [0, 0.05) is 13.1 Å². The molecule has 1 amide bonds. The van der Waals surface area contributed by atoms with Crippen molar-refractivity contribution in [2.45, 2.75) is 25.4 Å². The fraction of sp³-hybridized carbons (Fsp3) is 0.348. The van der Waals surface area contributed by atoms with Crippen LogP contribution in [0.1, 0.15) is 20.3 Å². The Morgan fingerprint density at radius 1 is 1.10 bits per heavy atom. The van der Waals surface area contributed by atoms with Crippen LogP contribution in [0.2, 0.25) is 5.02 Å². The molecule has 0 radical (unpaired) electrons. The Morgan fingerprint density at radius 3 is 2.50 bits per heavy atom. The minimum atomic E-state index is -0.191. The molecule has 3 aromatic rings. The summed E-state index contributed by atoms with van der Waals surface area (Å²) in [6, 6.07) is 14.4. The van der Waals surface area contributed by atoms with Gasteiger partial charge < -0.3 is 4.90 Å². The molecule has 1 saturated heterocycles. The summed E-state index contributed by atoms with van der Waals surface area (Å²) in [5.74, 6) is 1.31. The molecule has 2 heterocycles. The van der Waals surface area contributed by atoms with Gasteiger partial charge in [-0.2, -0.15) is 0 Å². The summed E-state index contributed by atoms with van der Waals surface area (Å²) in [6.07, 6.45) is 1.15. The third-order valence-corrected chi connectivity index (χ3v) is 6.63. The number of piperidine rings is 1. The number of nitrogens with zero attached hydrogens (tertiary/aromatic N) is 3. The molecule has 0 saturated carbocycles. The molecule has 0 N–H and O–H groups in total. The average Bonchev–Trinajstić information content (AvgIpc) is 2.72. The Kier molecular flexibility index (Phi) is 6.16. The second-order valence-electron chi connectivity index (χ2n) is 8.04. The second kappa shape index (κ2) is 8.82. The van der Waals surface area contributed by atoms with E-state index in [-0.39, 0.29) is 17.2 Å². The summed E-state index contributed by atoms with van der Waals surface area (Å²) < 4.78 is 1.52. The number of amides is 1. The van der Waals surface area contributed by atoms with Gasteiger partial charge in [-0.15, -0.1) is 0 Å². The maximum Gasteiger partial charge on any atom is 0.266 e. The Balaban J connectivity index is 1.69. The van der Waals surface area contributed by atoms with Gasteiger partial charge in [0.2, 0.25) is 5.91 Å². The Bertz CT molecular complexity index is 1140. The van der Waals surface area contributed by atoms with E-state index in [1.54, 1.807) is 18.2 Å². The molecule has 30 heavy (non-hydrogen) atoms. The van der Waals surface area contributed by atoms with E-state index in [9.17, 15) is 9.59 Å². The zero-order chi connectivity index (χ0) is 21.3. The Labute approximate surface area is 185 Å². The number of thioether (sulfide) groups is 1. The monoisotopic (exact) mass is 441 g/mol. The van der Waals surface area contributed by atoms with Crippen molar-refractivity contribution in [3.8, 4) is 5.69 Å². The lowest BCUT2D eigenvalue weighted by Gasteiger charge is -2.35. The van der Waals surface area contributed by atoms with Gasteiger partial charge in [-0.05, 0) is 42.5 Å². The van der Waals surface area contributed by atoms with Crippen molar-refractivity contribution in [2.24, 2.45) is 11.8 Å². The number of carbonyl (C=O) groups excluding carboxylic acids is 1. The SMILES string of the molecule is CC1CC(C)CN(C(=O)CSc2nc3ccccc3c(=O)n2-c2ccccc2Cl)C1. The quantitative estimate of drug-likeness (QED) is 0.437. The van der Waals surface area contributed by atoms with Crippen LogP contribution in [-0.4, -0.2) is 39.2 Å². The maximum atomic E-state index is 13.3. The first-order valence-electron chi connectivity index (χ1n) is 10.1. The van der Waals surface area contributed by atoms with Crippen LogP contribution in [0.3, 0.4) is 0 Å². The third kappa shape index (κ3) is 4.25. The first-order valence-corrected chi connectivity index (χ1v) is 11.5. The van der Waals surface area contributed by atoms with Crippen molar-refractivity contribution in [1.29, 1.82) is 0 Å². The second-order valence-corrected chi connectivity index (χ2v) is 9.39. The third-order valence-electron chi connectivity index (χ3n) is 5.38. The summed E-state index contributed by atoms with van der Waals surface area (Å²) >= 11 is 7.68. The molecule has 156 valence electrons. The predicted molar refractivity (Wildman–Crippen MR) is 123 cm³/mol. The highest BCUT2D eigenvalue weighted by Gasteiger charge is 2.26. The van der Waals surface area contributed by atoms with Crippen LogP contribution in [0, 0.1) is 11.8 Å². The molecular weight excluding hydrogens is 418 g/mol. The van der Waals surface area contributed by atoms with E-state index in [0.29, 0.717) is 38.6 Å². The van der Waals surface area contributed by atoms with E-state index < -0.39 is 0 Å². The van der Waals surface area contributed by atoms with Crippen molar-refractivity contribution in [1.82, 2.24) is 14.5 Å². The first kappa shape index (κ1) is 20.9. The summed E-state index contributed by atoms with van der Waals surface area (Å²) in [6.45, 7) is 5.93. The highest BCUT2D eigenvalue weighted by atomic mass is 35.5. The molecule has 1 aliphatic heterocycles. The average molecular weight is 442 g/mol. The number of hydrogen-bond acceptors (Lipinski definition) is 4. The largest absolute Gasteiger partial charge is 0.341 e. The highest BCUT2D eigenvalue weighted by molar-refractivity contribution is 7.99. The van der Waals surface area contributed by atoms with Crippen LogP contribution in [0.4, 0.5) is 0 Å². The molecular formula is C23H24ClN3O2S. The van der Waals surface area contributed by atoms with Gasteiger partial charge in [-0.1, -0.05) is 61.5 Å². The van der Waals surface area contributed by atoms with Crippen molar-refractivity contribution in [3.05, 3.63) is 63.9 Å². The number of halogens is 1. The zero-order valence-electron chi connectivity index (χ0n) is 17.0. The van der Waals surface area contributed by atoms with E-state index >= 15 is 0 Å². The minimum absolute atomic E-state index is 0.0755. The number of hydrogen-bond donors (Lipinski definition) is 0. The normalized spacial score (nSPS) is 19.2. The molecule has 0 bridgehead atoms. The van der Waals surface area contributed by atoms with E-state index in [0.717, 1.165) is 19.5 Å². The summed E-state index contributed by atoms with van der Waals surface area (Å²) in [7, 11) is 0. The summed E-state index contributed by atoms with van der Waals surface area (Å²) in [4.78, 5) is 32.8. The highest BCUT2D eigenvalue weighted by Crippen LogP contribution is 2.27. The molecule has 2 atom stereocenters. The minimum Gasteiger partial charge on any atom is -0.341 e. The van der Waals surface area contributed by atoms with Gasteiger partial charge in [0.15, 0.2) is 5.16 Å². The van der Waals surface area contributed by atoms with Crippen LogP contribution < -0.4 is 5.56 Å². The van der Waals surface area contributed by atoms with Gasteiger partial charge in [-0.3, -0.25) is 14.2 Å². The lowest BCUT2D eigenvalue weighted by atomic mass is 9.92. The van der Waals surface area contributed by atoms with E-state index in [2.05, 4.69) is 13.8 Å². The first-order chi connectivity index (χ1) is 14.4. The number of benzene rings is 2. The van der Waals surface area contributed by atoms with Gasteiger partial charge in [-0.25, -0.2) is 4.98 Å². The smallest absolute Gasteiger partial charge is 0.266 e. The lowest BCUT2D eigenvalue weighted by Crippen LogP contribution is -2.43. The standard InChI is InChI=1S/C23H24ClN3O2S/c1-15-11-16(2)13-26(12-15)21(28)14-30-23-25-19-9-5-3-7-17(19)22(29)27(23)20-10-6-4-8-18(20)24/h3-10,15-16H,11-14H2,1-2H3. The molecule has 7 heteroatoms. The molecule has 0 aliphatic carbocycles. The summed E-state index contributed by atoms with van der Waals surface area (Å²) in [5.41, 5.74) is 0.988. The van der Waals surface area contributed by atoms with Gasteiger partial charge >= 0.3 is 0 Å². The molecule has 2 unspecified atom stereocenters. The number of likely N-dealkylation sites (tertiary alicyclic amines) is 1. The number of fused-ring (bicyclic) bond motifs is 1. The molecule has 1 aromatic heterocycles. The van der Waals surface area contributed by atoms with Crippen LogP contribution in [0.5, 0.6) is 0 Å². The molecule has 1 fully saturated rings. The Morgan fingerprint density at radius 2 is 1.77 bits per heavy atom. The maximum absolute atomic E-state index is 13.3. The molecule has 1 aliphatic rings. The van der Waals surface area contributed by atoms with Crippen LogP contribution in [-0.2, 0) is 4.79 Å². The molecule has 2 aromatic carbocycles. The topological polar surface area (TPSA) is 55.2 Å². The van der Waals surface area contributed by atoms with Crippen molar-refractivity contribution < 1.29 is 4.79 Å². The zero-order valence-corrected chi connectivity index (χ0v) is 18.6. The number of carbonyl (C=O) groups is 1. The van der Waals surface area contributed by atoms with E-state index in [1.807, 2.05) is 35.2 Å². The van der Waals surface area contributed by atoms with Gasteiger partial charge in [0.05, 0.1) is 27.4 Å². The number of para-hydroxylation sites is 2. The van der Waals surface area contributed by atoms with E-state index in [4.69, 9.17) is 16.6 Å². The van der Waals surface area contributed by atoms with Crippen LogP contribution in [0.15, 0.2) is 58.5 Å². The fourth-order valence-corrected chi connectivity index (χ4v) is 5.27. The van der Waals surface area contributed by atoms with Crippen molar-refractivity contribution in [3.63, 3.8) is 0 Å². The molecule has 0 spiro atoms. The van der Waals surface area contributed by atoms with Gasteiger partial charge in [0.1, 0.15) is 0 Å². The fourth-order valence-electron chi connectivity index (χ4n) is 4.14. The van der Waals surface area contributed by atoms with Crippen LogP contribution >= 0.6 is 23.4 Å². The van der Waals surface area contributed by atoms with Gasteiger partial charge in [0.25, 0.3) is 5.56 Å². The Hall–Kier alpha value is -2.31. The molecule has 4 rings (SSSR count). The predicted octanol–water partition coefficient (Wildman–Crippen LogP) is 4.64.